The fourth-order valence-corrected chi connectivity index (χ4v) is 5.20. The van der Waals surface area contributed by atoms with Crippen LogP contribution in [0.2, 0.25) is 0 Å². The molecular formula is C21H21N3O4. The van der Waals surface area contributed by atoms with Crippen LogP contribution in [0.25, 0.3) is 5.69 Å². The van der Waals surface area contributed by atoms with E-state index in [-0.39, 0.29) is 30.2 Å². The maximum absolute atomic E-state index is 13.3. The molecule has 4 atom stereocenters. The normalized spacial score (nSPS) is 28.9. The minimum Gasteiger partial charge on any atom is -0.465 e. The average molecular weight is 379 g/mol. The van der Waals surface area contributed by atoms with Gasteiger partial charge in [0.25, 0.3) is 0 Å². The first-order valence-corrected chi connectivity index (χ1v) is 9.65. The lowest BCUT2D eigenvalue weighted by Crippen LogP contribution is -2.63. The van der Waals surface area contributed by atoms with E-state index in [0.717, 1.165) is 5.57 Å². The minimum atomic E-state index is -0.899. The topological polar surface area (TPSA) is 75.2 Å². The number of esters is 1. The van der Waals surface area contributed by atoms with E-state index < -0.39 is 17.1 Å². The molecular weight excluding hydrogens is 358 g/mol. The van der Waals surface area contributed by atoms with Gasteiger partial charge in [-0.3, -0.25) is 4.79 Å². The van der Waals surface area contributed by atoms with Gasteiger partial charge in [0.15, 0.2) is 0 Å². The van der Waals surface area contributed by atoms with Crippen molar-refractivity contribution in [3.05, 3.63) is 75.1 Å². The molecule has 0 amide bonds. The number of rotatable bonds is 4. The van der Waals surface area contributed by atoms with E-state index in [9.17, 15) is 14.4 Å². The van der Waals surface area contributed by atoms with Crippen LogP contribution >= 0.6 is 0 Å². The quantitative estimate of drug-likeness (QED) is 0.601. The summed E-state index contributed by atoms with van der Waals surface area (Å²) in [5.74, 6) is -0.489. The van der Waals surface area contributed by atoms with Crippen LogP contribution in [-0.2, 0) is 9.53 Å². The van der Waals surface area contributed by atoms with E-state index in [1.807, 2.05) is 25.1 Å². The Morgan fingerprint density at radius 1 is 1.07 bits per heavy atom. The number of hydrogen-bond donors (Lipinski definition) is 0. The van der Waals surface area contributed by atoms with Crippen LogP contribution in [0.3, 0.4) is 0 Å². The summed E-state index contributed by atoms with van der Waals surface area (Å²) in [5, 5.41) is 0. The number of aromatic nitrogens is 3. The van der Waals surface area contributed by atoms with Crippen molar-refractivity contribution in [1.29, 1.82) is 0 Å². The van der Waals surface area contributed by atoms with Crippen molar-refractivity contribution in [2.24, 2.45) is 11.3 Å². The molecule has 3 heterocycles. The summed E-state index contributed by atoms with van der Waals surface area (Å²) in [6.07, 6.45) is 6.59. The van der Waals surface area contributed by atoms with Crippen molar-refractivity contribution in [2.75, 3.05) is 6.61 Å². The number of nitrogens with zero attached hydrogens (tertiary/aromatic N) is 3. The number of para-hydroxylation sites is 1. The molecule has 7 heteroatoms. The third-order valence-corrected chi connectivity index (χ3v) is 6.32. The number of ether oxygens (including phenoxy) is 1. The lowest BCUT2D eigenvalue weighted by atomic mass is 9.51. The highest BCUT2D eigenvalue weighted by molar-refractivity contribution is 5.86. The molecule has 1 aromatic carbocycles. The van der Waals surface area contributed by atoms with Crippen molar-refractivity contribution in [3.8, 4) is 5.69 Å². The zero-order valence-corrected chi connectivity index (χ0v) is 15.7. The minimum absolute atomic E-state index is 0.180. The Labute approximate surface area is 161 Å². The van der Waals surface area contributed by atoms with Gasteiger partial charge in [-0.15, -0.1) is 0 Å². The molecule has 28 heavy (non-hydrogen) atoms. The van der Waals surface area contributed by atoms with E-state index in [2.05, 4.69) is 6.08 Å². The SMILES string of the molecule is CCOC(=O)[C@]12C(CC)=C[C@H]1[C@H]1C=C[C@@H]2n2c(=O)n(-c3ccccc3)c(=O)n21. The molecule has 2 aliphatic carbocycles. The fourth-order valence-electron chi connectivity index (χ4n) is 5.20. The molecule has 7 nitrogen and oxygen atoms in total. The predicted octanol–water partition coefficient (Wildman–Crippen LogP) is 1.98. The number of benzene rings is 1. The van der Waals surface area contributed by atoms with E-state index in [1.54, 1.807) is 31.2 Å². The van der Waals surface area contributed by atoms with Crippen molar-refractivity contribution in [2.45, 2.75) is 32.4 Å². The summed E-state index contributed by atoms with van der Waals surface area (Å²) in [5.41, 5.74) is -0.212. The molecule has 2 aromatic rings. The van der Waals surface area contributed by atoms with Crippen molar-refractivity contribution >= 4 is 5.97 Å². The third kappa shape index (κ3) is 1.77. The Kier molecular flexibility index (Phi) is 3.47. The van der Waals surface area contributed by atoms with Crippen LogP contribution in [0.1, 0.15) is 32.4 Å². The standard InChI is InChI=1S/C21H21N3O4/c1-3-13-12-15-16-10-11-17(21(13,15)18(25)28-4-2)24-20(27)22(19(26)23(16)24)14-8-6-5-7-9-14/h5-12,15-17H,3-4H2,1-2H3/t15-,16+,17-,21+/m0/s1. The van der Waals surface area contributed by atoms with Crippen LogP contribution in [-0.4, -0.2) is 26.5 Å². The van der Waals surface area contributed by atoms with Gasteiger partial charge >= 0.3 is 17.3 Å². The zero-order chi connectivity index (χ0) is 19.6. The molecule has 2 aliphatic heterocycles. The van der Waals surface area contributed by atoms with Gasteiger partial charge in [-0.05, 0) is 25.5 Å². The molecule has 4 aliphatic rings. The first-order chi connectivity index (χ1) is 13.6. The lowest BCUT2D eigenvalue weighted by molar-refractivity contribution is -0.164. The van der Waals surface area contributed by atoms with Gasteiger partial charge in [0, 0.05) is 5.92 Å². The van der Waals surface area contributed by atoms with Crippen molar-refractivity contribution in [3.63, 3.8) is 0 Å². The van der Waals surface area contributed by atoms with Gasteiger partial charge in [0.2, 0.25) is 0 Å². The molecule has 0 saturated carbocycles. The summed E-state index contributed by atoms with van der Waals surface area (Å²) < 4.78 is 9.59. The maximum atomic E-state index is 13.3. The van der Waals surface area contributed by atoms with E-state index in [4.69, 9.17) is 4.74 Å². The molecule has 0 unspecified atom stereocenters. The molecule has 2 bridgehead atoms. The van der Waals surface area contributed by atoms with Gasteiger partial charge in [-0.2, -0.15) is 0 Å². The number of hydrogen-bond acceptors (Lipinski definition) is 4. The average Bonchev–Trinajstić information content (AvgIpc) is 2.95. The zero-order valence-electron chi connectivity index (χ0n) is 15.7. The van der Waals surface area contributed by atoms with Crippen LogP contribution in [0, 0.1) is 11.3 Å². The Morgan fingerprint density at radius 2 is 1.79 bits per heavy atom. The van der Waals surface area contributed by atoms with Crippen LogP contribution in [0.4, 0.5) is 0 Å². The van der Waals surface area contributed by atoms with E-state index >= 15 is 0 Å². The summed E-state index contributed by atoms with van der Waals surface area (Å²) in [6.45, 7) is 4.06. The highest BCUT2D eigenvalue weighted by atomic mass is 16.5. The third-order valence-electron chi connectivity index (χ3n) is 6.32. The van der Waals surface area contributed by atoms with Crippen molar-refractivity contribution in [1.82, 2.24) is 13.9 Å². The fraction of sp³-hybridized carbons (Fsp3) is 0.381. The molecule has 0 radical (unpaired) electrons. The first kappa shape index (κ1) is 17.0. The van der Waals surface area contributed by atoms with Gasteiger partial charge in [-0.25, -0.2) is 23.5 Å². The van der Waals surface area contributed by atoms with Crippen LogP contribution in [0.5, 0.6) is 0 Å². The van der Waals surface area contributed by atoms with E-state index in [0.29, 0.717) is 12.1 Å². The number of carbonyl (C=O) groups excluding carboxylic acids is 1. The highest BCUT2D eigenvalue weighted by Gasteiger charge is 2.67. The molecule has 0 fully saturated rings. The summed E-state index contributed by atoms with van der Waals surface area (Å²) >= 11 is 0. The number of allylic oxidation sites excluding steroid dienone is 3. The van der Waals surface area contributed by atoms with Gasteiger partial charge in [-0.1, -0.05) is 48.9 Å². The largest absolute Gasteiger partial charge is 0.465 e. The molecule has 144 valence electrons. The molecule has 0 spiro atoms. The van der Waals surface area contributed by atoms with Crippen molar-refractivity contribution < 1.29 is 9.53 Å². The molecule has 1 aromatic heterocycles. The predicted molar refractivity (Wildman–Crippen MR) is 102 cm³/mol. The molecule has 6 rings (SSSR count). The Balaban J connectivity index is 1.77. The Hall–Kier alpha value is -3.09. The summed E-state index contributed by atoms with van der Waals surface area (Å²) in [6, 6.07) is 7.93. The molecule has 0 saturated heterocycles. The Bertz CT molecular complexity index is 1150. The first-order valence-electron chi connectivity index (χ1n) is 9.65. The van der Waals surface area contributed by atoms with Gasteiger partial charge < -0.3 is 4.74 Å². The second-order valence-corrected chi connectivity index (χ2v) is 7.41. The van der Waals surface area contributed by atoms with Crippen LogP contribution < -0.4 is 11.4 Å². The smallest absolute Gasteiger partial charge is 0.352 e. The Morgan fingerprint density at radius 3 is 2.46 bits per heavy atom. The number of carbonyl (C=O) groups is 1. The lowest BCUT2D eigenvalue weighted by Gasteiger charge is -2.58. The summed E-state index contributed by atoms with van der Waals surface area (Å²) in [4.78, 5) is 39.6. The second-order valence-electron chi connectivity index (χ2n) is 7.41. The molecule has 0 N–H and O–H groups in total. The second kappa shape index (κ2) is 5.70. The maximum Gasteiger partial charge on any atom is 0.352 e. The highest BCUT2D eigenvalue weighted by Crippen LogP contribution is 2.63. The van der Waals surface area contributed by atoms with Gasteiger partial charge in [0.05, 0.1) is 24.4 Å². The monoisotopic (exact) mass is 379 g/mol. The van der Waals surface area contributed by atoms with Gasteiger partial charge in [0.1, 0.15) is 5.41 Å². The summed E-state index contributed by atoms with van der Waals surface area (Å²) in [7, 11) is 0. The van der Waals surface area contributed by atoms with Crippen LogP contribution in [0.15, 0.2) is 63.7 Å². The van der Waals surface area contributed by atoms with E-state index in [1.165, 1.54) is 13.9 Å².